The van der Waals surface area contributed by atoms with Crippen molar-refractivity contribution < 1.29 is 24.2 Å². The first kappa shape index (κ1) is 20.8. The average Bonchev–Trinajstić information content (AvgIpc) is 2.71. The molecular formula is C22H31NO5. The number of carboxylic acid groups (broad SMARTS) is 1. The summed E-state index contributed by atoms with van der Waals surface area (Å²) >= 11 is 0. The number of hydrogen-bond donors (Lipinski definition) is 1. The molecule has 0 bridgehead atoms. The molecule has 1 saturated heterocycles. The van der Waals surface area contributed by atoms with E-state index in [-0.39, 0.29) is 5.92 Å². The summed E-state index contributed by atoms with van der Waals surface area (Å²) in [6.07, 6.45) is 7.71. The fourth-order valence-electron chi connectivity index (χ4n) is 3.69. The highest BCUT2D eigenvalue weighted by molar-refractivity contribution is 5.98. The number of oxime groups is 1. The summed E-state index contributed by atoms with van der Waals surface area (Å²) in [6.45, 7) is 4.84. The Bertz CT molecular complexity index is 707. The summed E-state index contributed by atoms with van der Waals surface area (Å²) < 4.78 is 10.7. The molecule has 6 heteroatoms. The predicted octanol–water partition coefficient (Wildman–Crippen LogP) is 3.94. The number of aryl methyl sites for hydroxylation is 2. The fourth-order valence-corrected chi connectivity index (χ4v) is 3.69. The number of hydrogen-bond acceptors (Lipinski definition) is 5. The van der Waals surface area contributed by atoms with E-state index in [1.54, 1.807) is 0 Å². The molecule has 1 aromatic rings. The van der Waals surface area contributed by atoms with Crippen LogP contribution in [-0.4, -0.2) is 42.4 Å². The highest BCUT2D eigenvalue weighted by atomic mass is 16.7. The normalized spacial score (nSPS) is 25.2. The summed E-state index contributed by atoms with van der Waals surface area (Å²) in [7, 11) is 0. The molecule has 0 spiro atoms. The number of carbonyl (C=O) groups is 1. The van der Waals surface area contributed by atoms with Gasteiger partial charge in [0.2, 0.25) is 0 Å². The molecule has 2 aliphatic rings. The topological polar surface area (TPSA) is 77.4 Å². The third kappa shape index (κ3) is 5.32. The second-order valence-corrected chi connectivity index (χ2v) is 7.94. The maximum atomic E-state index is 11.1. The molecule has 1 fully saturated rings. The van der Waals surface area contributed by atoms with Crippen LogP contribution in [0.3, 0.4) is 0 Å². The van der Waals surface area contributed by atoms with Gasteiger partial charge in [0, 0.05) is 12.8 Å². The van der Waals surface area contributed by atoms with Gasteiger partial charge in [-0.25, -0.2) is 4.79 Å². The summed E-state index contributed by atoms with van der Waals surface area (Å²) in [5, 5.41) is 13.3. The van der Waals surface area contributed by atoms with Crippen LogP contribution in [0.15, 0.2) is 23.4 Å². The lowest BCUT2D eigenvalue weighted by molar-refractivity contribution is -0.271. The van der Waals surface area contributed by atoms with Gasteiger partial charge in [0.25, 0.3) is 5.79 Å². The van der Waals surface area contributed by atoms with Crippen molar-refractivity contribution in [3.63, 3.8) is 0 Å². The maximum Gasteiger partial charge on any atom is 0.364 e. The molecule has 1 aliphatic heterocycles. The third-order valence-corrected chi connectivity index (χ3v) is 5.64. The minimum absolute atomic E-state index is 0.230. The van der Waals surface area contributed by atoms with E-state index in [1.807, 2.05) is 6.92 Å². The van der Waals surface area contributed by atoms with Gasteiger partial charge in [0.05, 0.1) is 18.9 Å². The molecule has 28 heavy (non-hydrogen) atoms. The SMILES string of the molecule is C/C(=N\OCCCCC1COC(C)(C(=O)O)OC1)c1ccc2c(c1)CCCC2. The van der Waals surface area contributed by atoms with Gasteiger partial charge < -0.3 is 19.4 Å². The fraction of sp³-hybridized carbons (Fsp3) is 0.636. The number of fused-ring (bicyclic) bond motifs is 1. The Morgan fingerprint density at radius 2 is 1.93 bits per heavy atom. The van der Waals surface area contributed by atoms with Crippen LogP contribution in [0, 0.1) is 5.92 Å². The first-order valence-electron chi connectivity index (χ1n) is 10.3. The van der Waals surface area contributed by atoms with Crippen molar-refractivity contribution in [3.8, 4) is 0 Å². The molecule has 1 N–H and O–H groups in total. The maximum absolute atomic E-state index is 11.1. The molecule has 3 rings (SSSR count). The quantitative estimate of drug-likeness (QED) is 0.414. The minimum Gasteiger partial charge on any atom is -0.477 e. The van der Waals surface area contributed by atoms with E-state index in [0.717, 1.165) is 37.0 Å². The standard InChI is InChI=1S/C22H31NO5/c1-16(19-11-10-18-8-3-4-9-20(18)13-19)23-28-12-6-5-7-17-14-26-22(2,21(24)25)27-15-17/h10-11,13,17H,3-9,12,14-15H2,1-2H3,(H,24,25)/b23-16+. The number of unbranched alkanes of at least 4 members (excludes halogenated alkanes) is 1. The Labute approximate surface area is 166 Å². The van der Waals surface area contributed by atoms with Crippen LogP contribution in [0.4, 0.5) is 0 Å². The zero-order valence-electron chi connectivity index (χ0n) is 16.9. The van der Waals surface area contributed by atoms with Crippen molar-refractivity contribution in [1.29, 1.82) is 0 Å². The molecule has 154 valence electrons. The Morgan fingerprint density at radius 1 is 1.21 bits per heavy atom. The Balaban J connectivity index is 1.34. The number of benzene rings is 1. The van der Waals surface area contributed by atoms with Crippen molar-refractivity contribution in [2.24, 2.45) is 11.1 Å². The lowest BCUT2D eigenvalue weighted by Gasteiger charge is -2.34. The molecule has 0 radical (unpaired) electrons. The molecule has 0 unspecified atom stereocenters. The molecule has 0 atom stereocenters. The number of nitrogens with zero attached hydrogens (tertiary/aromatic N) is 1. The van der Waals surface area contributed by atoms with Crippen molar-refractivity contribution in [3.05, 3.63) is 34.9 Å². The van der Waals surface area contributed by atoms with E-state index < -0.39 is 11.8 Å². The molecule has 0 aromatic heterocycles. The second-order valence-electron chi connectivity index (χ2n) is 7.94. The van der Waals surface area contributed by atoms with E-state index in [2.05, 4.69) is 23.4 Å². The van der Waals surface area contributed by atoms with Crippen LogP contribution in [0.2, 0.25) is 0 Å². The number of carboxylic acids is 1. The Kier molecular flexibility index (Phi) is 7.08. The van der Waals surface area contributed by atoms with E-state index in [0.29, 0.717) is 19.8 Å². The molecular weight excluding hydrogens is 358 g/mol. The van der Waals surface area contributed by atoms with Gasteiger partial charge in [-0.15, -0.1) is 0 Å². The number of rotatable bonds is 8. The smallest absolute Gasteiger partial charge is 0.364 e. The van der Waals surface area contributed by atoms with E-state index in [9.17, 15) is 4.79 Å². The van der Waals surface area contributed by atoms with Crippen LogP contribution >= 0.6 is 0 Å². The largest absolute Gasteiger partial charge is 0.477 e. The lowest BCUT2D eigenvalue weighted by Crippen LogP contribution is -2.47. The minimum atomic E-state index is -1.50. The van der Waals surface area contributed by atoms with Gasteiger partial charge in [-0.05, 0) is 74.6 Å². The number of ether oxygens (including phenoxy) is 2. The first-order valence-corrected chi connectivity index (χ1v) is 10.3. The molecule has 1 aliphatic carbocycles. The van der Waals surface area contributed by atoms with E-state index in [1.165, 1.54) is 37.3 Å². The zero-order chi connectivity index (χ0) is 20.0. The molecule has 1 heterocycles. The molecule has 6 nitrogen and oxygen atoms in total. The van der Waals surface area contributed by atoms with Crippen molar-refractivity contribution in [2.75, 3.05) is 19.8 Å². The van der Waals surface area contributed by atoms with Gasteiger partial charge in [0.1, 0.15) is 6.61 Å². The van der Waals surface area contributed by atoms with Gasteiger partial charge in [-0.1, -0.05) is 17.3 Å². The highest BCUT2D eigenvalue weighted by Gasteiger charge is 2.40. The molecule has 1 aromatic carbocycles. The van der Waals surface area contributed by atoms with Crippen LogP contribution in [0.25, 0.3) is 0 Å². The Morgan fingerprint density at radius 3 is 2.64 bits per heavy atom. The summed E-state index contributed by atoms with van der Waals surface area (Å²) in [6, 6.07) is 6.62. The van der Waals surface area contributed by atoms with Gasteiger partial charge in [-0.3, -0.25) is 0 Å². The average molecular weight is 389 g/mol. The second kappa shape index (κ2) is 9.52. The molecule has 0 amide bonds. The van der Waals surface area contributed by atoms with E-state index in [4.69, 9.17) is 19.4 Å². The summed E-state index contributed by atoms with van der Waals surface area (Å²) in [4.78, 5) is 16.6. The van der Waals surface area contributed by atoms with Gasteiger partial charge in [0.15, 0.2) is 0 Å². The van der Waals surface area contributed by atoms with Crippen molar-refractivity contribution in [2.45, 2.75) is 64.6 Å². The Hall–Kier alpha value is -1.92. The zero-order valence-corrected chi connectivity index (χ0v) is 16.9. The van der Waals surface area contributed by atoms with Crippen LogP contribution in [-0.2, 0) is 31.9 Å². The predicted molar refractivity (Wildman–Crippen MR) is 107 cm³/mol. The summed E-state index contributed by atoms with van der Waals surface area (Å²) in [5.41, 5.74) is 4.98. The van der Waals surface area contributed by atoms with Crippen LogP contribution in [0.1, 0.15) is 62.6 Å². The van der Waals surface area contributed by atoms with Crippen molar-refractivity contribution in [1.82, 2.24) is 0 Å². The summed E-state index contributed by atoms with van der Waals surface area (Å²) in [5.74, 6) is -2.35. The van der Waals surface area contributed by atoms with Crippen LogP contribution in [0.5, 0.6) is 0 Å². The third-order valence-electron chi connectivity index (χ3n) is 5.64. The van der Waals surface area contributed by atoms with Crippen LogP contribution < -0.4 is 0 Å². The van der Waals surface area contributed by atoms with Gasteiger partial charge >= 0.3 is 5.97 Å². The van der Waals surface area contributed by atoms with Crippen molar-refractivity contribution >= 4 is 11.7 Å². The highest BCUT2D eigenvalue weighted by Crippen LogP contribution is 2.25. The first-order chi connectivity index (χ1) is 13.5. The monoisotopic (exact) mass is 389 g/mol. The lowest BCUT2D eigenvalue weighted by atomic mass is 9.90. The van der Waals surface area contributed by atoms with E-state index >= 15 is 0 Å². The van der Waals surface area contributed by atoms with Gasteiger partial charge in [-0.2, -0.15) is 0 Å². The molecule has 0 saturated carbocycles. The number of aliphatic carboxylic acids is 1.